The van der Waals surface area contributed by atoms with E-state index in [1.165, 1.54) is 18.2 Å². The molecule has 1 aromatic carbocycles. The van der Waals surface area contributed by atoms with Gasteiger partial charge in [-0.3, -0.25) is 9.59 Å². The molecule has 0 spiro atoms. The number of amides is 2. The first-order valence-electron chi connectivity index (χ1n) is 7.65. The molecule has 2 rings (SSSR count). The fraction of sp³-hybridized carbons (Fsp3) is 0.353. The summed E-state index contributed by atoms with van der Waals surface area (Å²) >= 11 is 0. The van der Waals surface area contributed by atoms with Gasteiger partial charge in [-0.2, -0.15) is 0 Å². The number of aromatic nitrogens is 1. The molecule has 0 unspecified atom stereocenters. The summed E-state index contributed by atoms with van der Waals surface area (Å²) in [7, 11) is 0. The van der Waals surface area contributed by atoms with Crippen LogP contribution in [0.15, 0.2) is 34.9 Å². The van der Waals surface area contributed by atoms with Crippen LogP contribution in [0.4, 0.5) is 10.2 Å². The number of carbonyl (C=O) groups excluding carboxylic acids is 2. The molecule has 7 heteroatoms. The van der Waals surface area contributed by atoms with Gasteiger partial charge in [0.15, 0.2) is 5.82 Å². The lowest BCUT2D eigenvalue weighted by Gasteiger charge is -2.19. The summed E-state index contributed by atoms with van der Waals surface area (Å²) in [5.41, 5.74) is 0.161. The van der Waals surface area contributed by atoms with Crippen molar-refractivity contribution in [1.82, 2.24) is 10.5 Å². The molecule has 128 valence electrons. The Morgan fingerprint density at radius 2 is 2.04 bits per heavy atom. The number of hydrogen-bond acceptors (Lipinski definition) is 4. The Morgan fingerprint density at radius 3 is 2.62 bits per heavy atom. The van der Waals surface area contributed by atoms with Gasteiger partial charge < -0.3 is 15.2 Å². The number of rotatable bonds is 6. The minimum Gasteiger partial charge on any atom is -0.360 e. The van der Waals surface area contributed by atoms with Crippen LogP contribution in [-0.4, -0.2) is 23.0 Å². The van der Waals surface area contributed by atoms with Crippen LogP contribution >= 0.6 is 0 Å². The molecule has 0 bridgehead atoms. The van der Waals surface area contributed by atoms with Crippen LogP contribution in [0, 0.1) is 18.7 Å². The van der Waals surface area contributed by atoms with Gasteiger partial charge in [-0.1, -0.05) is 25.1 Å². The number of anilines is 1. The standard InChI is InChI=1S/C17H20FN3O3/c1-10(2)7-14(17(23)20-15-8-11(3)24-21-15)19-16(22)12-5-4-6-13(18)9-12/h4-6,8-10,14H,7H2,1-3H3,(H,19,22)(H,20,21,23)/t14-/m1/s1. The maximum absolute atomic E-state index is 13.2. The van der Waals surface area contributed by atoms with Gasteiger partial charge in [0.2, 0.25) is 5.91 Å². The first-order valence-corrected chi connectivity index (χ1v) is 7.65. The van der Waals surface area contributed by atoms with Crippen LogP contribution in [0.3, 0.4) is 0 Å². The quantitative estimate of drug-likeness (QED) is 0.851. The Morgan fingerprint density at radius 1 is 1.29 bits per heavy atom. The predicted molar refractivity (Wildman–Crippen MR) is 87.0 cm³/mol. The molecule has 24 heavy (non-hydrogen) atoms. The second-order valence-electron chi connectivity index (χ2n) is 5.98. The van der Waals surface area contributed by atoms with Crippen molar-refractivity contribution < 1.29 is 18.5 Å². The van der Waals surface area contributed by atoms with E-state index in [9.17, 15) is 14.0 Å². The van der Waals surface area contributed by atoms with Gasteiger partial charge in [-0.15, -0.1) is 0 Å². The van der Waals surface area contributed by atoms with Gasteiger partial charge in [0.25, 0.3) is 5.91 Å². The van der Waals surface area contributed by atoms with Crippen LogP contribution in [0.1, 0.15) is 36.4 Å². The minimum atomic E-state index is -0.766. The molecular formula is C17H20FN3O3. The van der Waals surface area contributed by atoms with Crippen LogP contribution < -0.4 is 10.6 Å². The van der Waals surface area contributed by atoms with E-state index in [1.54, 1.807) is 13.0 Å². The van der Waals surface area contributed by atoms with E-state index in [0.29, 0.717) is 12.2 Å². The van der Waals surface area contributed by atoms with Crippen LogP contribution in [0.5, 0.6) is 0 Å². The molecule has 1 aromatic heterocycles. The van der Waals surface area contributed by atoms with Crippen molar-refractivity contribution >= 4 is 17.6 Å². The van der Waals surface area contributed by atoms with Crippen molar-refractivity contribution in [2.75, 3.05) is 5.32 Å². The van der Waals surface area contributed by atoms with Crippen molar-refractivity contribution in [3.8, 4) is 0 Å². The fourth-order valence-corrected chi connectivity index (χ4v) is 2.21. The molecule has 0 fully saturated rings. The molecule has 2 N–H and O–H groups in total. The monoisotopic (exact) mass is 333 g/mol. The summed E-state index contributed by atoms with van der Waals surface area (Å²) < 4.78 is 18.1. The molecule has 0 aliphatic heterocycles. The zero-order valence-electron chi connectivity index (χ0n) is 13.8. The van der Waals surface area contributed by atoms with E-state index < -0.39 is 23.7 Å². The molecule has 0 saturated carbocycles. The third-order valence-electron chi connectivity index (χ3n) is 3.29. The van der Waals surface area contributed by atoms with Gasteiger partial charge in [0.05, 0.1) is 0 Å². The lowest BCUT2D eigenvalue weighted by molar-refractivity contribution is -0.118. The minimum absolute atomic E-state index is 0.161. The van der Waals surface area contributed by atoms with E-state index in [-0.39, 0.29) is 17.3 Å². The zero-order chi connectivity index (χ0) is 17.7. The SMILES string of the molecule is Cc1cc(NC(=O)[C@@H](CC(C)C)NC(=O)c2cccc(F)c2)no1. The Balaban J connectivity index is 2.09. The highest BCUT2D eigenvalue weighted by atomic mass is 19.1. The highest BCUT2D eigenvalue weighted by Gasteiger charge is 2.23. The van der Waals surface area contributed by atoms with E-state index in [4.69, 9.17) is 4.52 Å². The molecule has 0 radical (unpaired) electrons. The van der Waals surface area contributed by atoms with Crippen LogP contribution in [0.25, 0.3) is 0 Å². The first-order chi connectivity index (χ1) is 11.3. The molecule has 2 aromatic rings. The lowest BCUT2D eigenvalue weighted by Crippen LogP contribution is -2.44. The molecule has 2 amide bonds. The average molecular weight is 333 g/mol. The normalized spacial score (nSPS) is 12.0. The highest BCUT2D eigenvalue weighted by molar-refractivity contribution is 6.00. The second-order valence-corrected chi connectivity index (χ2v) is 5.98. The number of carbonyl (C=O) groups is 2. The molecular weight excluding hydrogens is 313 g/mol. The maximum Gasteiger partial charge on any atom is 0.252 e. The summed E-state index contributed by atoms with van der Waals surface area (Å²) in [4.78, 5) is 24.7. The molecule has 1 heterocycles. The van der Waals surface area contributed by atoms with E-state index in [1.807, 2.05) is 13.8 Å². The summed E-state index contributed by atoms with van der Waals surface area (Å²) in [5.74, 6) is -0.396. The van der Waals surface area contributed by atoms with Crippen molar-refractivity contribution in [1.29, 1.82) is 0 Å². The number of nitrogens with one attached hydrogen (secondary N) is 2. The van der Waals surface area contributed by atoms with E-state index in [2.05, 4.69) is 15.8 Å². The average Bonchev–Trinajstić information content (AvgIpc) is 2.91. The Bertz CT molecular complexity index is 727. The van der Waals surface area contributed by atoms with Gasteiger partial charge in [0, 0.05) is 11.6 Å². The fourth-order valence-electron chi connectivity index (χ4n) is 2.21. The van der Waals surface area contributed by atoms with Crippen molar-refractivity contribution in [3.63, 3.8) is 0 Å². The summed E-state index contributed by atoms with van der Waals surface area (Å²) in [6, 6.07) is 6.13. The molecule has 1 atom stereocenters. The predicted octanol–water partition coefficient (Wildman–Crippen LogP) is 2.91. The molecule has 6 nitrogen and oxygen atoms in total. The third-order valence-corrected chi connectivity index (χ3v) is 3.29. The molecule has 0 aliphatic rings. The highest BCUT2D eigenvalue weighted by Crippen LogP contribution is 2.12. The van der Waals surface area contributed by atoms with Crippen molar-refractivity contribution in [2.45, 2.75) is 33.2 Å². The molecule has 0 aliphatic carbocycles. The smallest absolute Gasteiger partial charge is 0.252 e. The van der Waals surface area contributed by atoms with Gasteiger partial charge >= 0.3 is 0 Å². The second kappa shape index (κ2) is 7.72. The number of hydrogen-bond donors (Lipinski definition) is 2. The summed E-state index contributed by atoms with van der Waals surface area (Å²) in [6.07, 6.45) is 0.434. The van der Waals surface area contributed by atoms with Crippen LogP contribution in [-0.2, 0) is 4.79 Å². The Labute approximate surface area is 139 Å². The van der Waals surface area contributed by atoms with Crippen LogP contribution in [0.2, 0.25) is 0 Å². The first kappa shape index (κ1) is 17.7. The number of nitrogens with zero attached hydrogens (tertiary/aromatic N) is 1. The number of benzene rings is 1. The van der Waals surface area contributed by atoms with Crippen molar-refractivity contribution in [3.05, 3.63) is 47.5 Å². The summed E-state index contributed by atoms with van der Waals surface area (Å²) in [5, 5.41) is 8.94. The van der Waals surface area contributed by atoms with Crippen molar-refractivity contribution in [2.24, 2.45) is 5.92 Å². The topological polar surface area (TPSA) is 84.2 Å². The summed E-state index contributed by atoms with van der Waals surface area (Å²) in [6.45, 7) is 5.59. The van der Waals surface area contributed by atoms with E-state index in [0.717, 1.165) is 6.07 Å². The number of halogens is 1. The number of aryl methyl sites for hydroxylation is 1. The molecule has 0 saturated heterocycles. The third kappa shape index (κ3) is 4.91. The maximum atomic E-state index is 13.2. The van der Waals surface area contributed by atoms with E-state index >= 15 is 0 Å². The lowest BCUT2D eigenvalue weighted by atomic mass is 10.0. The zero-order valence-corrected chi connectivity index (χ0v) is 13.8. The Hall–Kier alpha value is -2.70. The van der Waals surface area contributed by atoms with Gasteiger partial charge in [-0.25, -0.2) is 4.39 Å². The largest absolute Gasteiger partial charge is 0.360 e. The Kier molecular flexibility index (Phi) is 5.68. The van der Waals surface area contributed by atoms with Gasteiger partial charge in [0.1, 0.15) is 17.6 Å². The van der Waals surface area contributed by atoms with Gasteiger partial charge in [-0.05, 0) is 37.5 Å².